The molecule has 5 heteroatoms. The highest BCUT2D eigenvalue weighted by atomic mass is 35.5. The zero-order valence-electron chi connectivity index (χ0n) is 12.0. The second-order valence-corrected chi connectivity index (χ2v) is 8.30. The van der Waals surface area contributed by atoms with Gasteiger partial charge in [-0.15, -0.1) is 0 Å². The summed E-state index contributed by atoms with van der Waals surface area (Å²) in [4.78, 5) is 0.331. The molecule has 0 radical (unpaired) electrons. The van der Waals surface area contributed by atoms with Crippen molar-refractivity contribution < 1.29 is 8.42 Å². The van der Waals surface area contributed by atoms with Gasteiger partial charge in [-0.3, -0.25) is 0 Å². The first-order chi connectivity index (χ1) is 9.38. The molecule has 3 nitrogen and oxygen atoms in total. The first kappa shape index (κ1) is 15.8. The minimum absolute atomic E-state index is 0.331. The SMILES string of the molecule is CC1CCC(CNCc2c(Cl)cccc2S(C)(=O)=O)C1. The summed E-state index contributed by atoms with van der Waals surface area (Å²) in [6, 6.07) is 5.04. The number of rotatable bonds is 5. The van der Waals surface area contributed by atoms with E-state index in [0.29, 0.717) is 27.9 Å². The molecule has 1 saturated carbocycles. The van der Waals surface area contributed by atoms with Crippen LogP contribution in [-0.4, -0.2) is 21.2 Å². The fraction of sp³-hybridized carbons (Fsp3) is 0.600. The van der Waals surface area contributed by atoms with Gasteiger partial charge in [-0.1, -0.05) is 31.0 Å². The van der Waals surface area contributed by atoms with E-state index in [-0.39, 0.29) is 0 Å². The number of hydrogen-bond acceptors (Lipinski definition) is 3. The van der Waals surface area contributed by atoms with Crippen LogP contribution in [0.3, 0.4) is 0 Å². The Bertz CT molecular complexity index is 571. The van der Waals surface area contributed by atoms with Crippen molar-refractivity contribution in [2.75, 3.05) is 12.8 Å². The lowest BCUT2D eigenvalue weighted by atomic mass is 10.1. The molecular formula is C15H22ClNO2S. The van der Waals surface area contributed by atoms with E-state index in [1.165, 1.54) is 25.5 Å². The zero-order valence-corrected chi connectivity index (χ0v) is 13.6. The smallest absolute Gasteiger partial charge is 0.175 e. The molecule has 0 spiro atoms. The molecule has 2 atom stereocenters. The molecule has 1 N–H and O–H groups in total. The molecule has 0 bridgehead atoms. The summed E-state index contributed by atoms with van der Waals surface area (Å²) >= 11 is 6.15. The predicted molar refractivity (Wildman–Crippen MR) is 82.8 cm³/mol. The van der Waals surface area contributed by atoms with Crippen LogP contribution in [0.2, 0.25) is 5.02 Å². The minimum Gasteiger partial charge on any atom is -0.312 e. The van der Waals surface area contributed by atoms with Crippen molar-refractivity contribution in [3.63, 3.8) is 0 Å². The van der Waals surface area contributed by atoms with Crippen LogP contribution in [0.5, 0.6) is 0 Å². The molecule has 112 valence electrons. The third kappa shape index (κ3) is 3.96. The Balaban J connectivity index is 2.02. The average molecular weight is 316 g/mol. The lowest BCUT2D eigenvalue weighted by Crippen LogP contribution is -2.22. The normalized spacial score (nSPS) is 23.1. The maximum absolute atomic E-state index is 11.8. The highest BCUT2D eigenvalue weighted by Crippen LogP contribution is 2.30. The van der Waals surface area contributed by atoms with E-state index in [0.717, 1.165) is 12.5 Å². The van der Waals surface area contributed by atoms with E-state index in [4.69, 9.17) is 11.6 Å². The summed E-state index contributed by atoms with van der Waals surface area (Å²) in [5.41, 5.74) is 0.683. The zero-order chi connectivity index (χ0) is 14.8. The monoisotopic (exact) mass is 315 g/mol. The van der Waals surface area contributed by atoms with Crippen LogP contribution >= 0.6 is 11.6 Å². The average Bonchev–Trinajstić information content (AvgIpc) is 2.76. The maximum Gasteiger partial charge on any atom is 0.175 e. The number of halogens is 1. The number of nitrogens with one attached hydrogen (secondary N) is 1. The molecule has 0 aliphatic heterocycles. The van der Waals surface area contributed by atoms with Crippen molar-refractivity contribution in [2.24, 2.45) is 11.8 Å². The Morgan fingerprint density at radius 2 is 2.10 bits per heavy atom. The van der Waals surface area contributed by atoms with Gasteiger partial charge in [-0.25, -0.2) is 8.42 Å². The fourth-order valence-electron chi connectivity index (χ4n) is 2.97. The first-order valence-electron chi connectivity index (χ1n) is 7.06. The van der Waals surface area contributed by atoms with Crippen molar-refractivity contribution in [1.29, 1.82) is 0 Å². The van der Waals surface area contributed by atoms with Crippen LogP contribution in [0, 0.1) is 11.8 Å². The molecule has 0 amide bonds. The molecule has 0 aromatic heterocycles. The number of benzene rings is 1. The van der Waals surface area contributed by atoms with Crippen LogP contribution in [0.1, 0.15) is 31.7 Å². The third-order valence-corrected chi connectivity index (χ3v) is 5.55. The summed E-state index contributed by atoms with van der Waals surface area (Å²) in [6.07, 6.45) is 5.04. The molecular weight excluding hydrogens is 294 g/mol. The molecule has 1 aromatic rings. The topological polar surface area (TPSA) is 46.2 Å². The van der Waals surface area contributed by atoms with Gasteiger partial charge in [0.25, 0.3) is 0 Å². The quantitative estimate of drug-likeness (QED) is 0.907. The maximum atomic E-state index is 11.8. The van der Waals surface area contributed by atoms with E-state index in [1.54, 1.807) is 18.2 Å². The van der Waals surface area contributed by atoms with Crippen molar-refractivity contribution in [2.45, 2.75) is 37.6 Å². The Labute approximate surface area is 126 Å². The van der Waals surface area contributed by atoms with Gasteiger partial charge in [0.15, 0.2) is 9.84 Å². The molecule has 2 rings (SSSR count). The van der Waals surface area contributed by atoms with Crippen LogP contribution in [-0.2, 0) is 16.4 Å². The van der Waals surface area contributed by atoms with Crippen molar-refractivity contribution in [3.8, 4) is 0 Å². The highest BCUT2D eigenvalue weighted by Gasteiger charge is 2.21. The summed E-state index contributed by atoms with van der Waals surface area (Å²) in [5.74, 6) is 1.52. The van der Waals surface area contributed by atoms with Crippen LogP contribution in [0.25, 0.3) is 0 Å². The van der Waals surface area contributed by atoms with Gasteiger partial charge in [0.1, 0.15) is 0 Å². The number of sulfone groups is 1. The van der Waals surface area contributed by atoms with Crippen LogP contribution < -0.4 is 5.32 Å². The van der Waals surface area contributed by atoms with Gasteiger partial charge in [-0.2, -0.15) is 0 Å². The van der Waals surface area contributed by atoms with E-state index in [1.807, 2.05) is 0 Å². The summed E-state index contributed by atoms with van der Waals surface area (Å²) in [6.45, 7) is 3.72. The third-order valence-electron chi connectivity index (χ3n) is 4.01. The lowest BCUT2D eigenvalue weighted by Gasteiger charge is -2.14. The summed E-state index contributed by atoms with van der Waals surface area (Å²) in [5, 5.41) is 3.88. The van der Waals surface area contributed by atoms with Crippen molar-refractivity contribution in [3.05, 3.63) is 28.8 Å². The van der Waals surface area contributed by atoms with Crippen LogP contribution in [0.15, 0.2) is 23.1 Å². The molecule has 0 heterocycles. The van der Waals surface area contributed by atoms with Gasteiger partial charge in [0.2, 0.25) is 0 Å². The van der Waals surface area contributed by atoms with Crippen molar-refractivity contribution in [1.82, 2.24) is 5.32 Å². The molecule has 1 aliphatic rings. The van der Waals surface area contributed by atoms with E-state index in [9.17, 15) is 8.42 Å². The predicted octanol–water partition coefficient (Wildman–Crippen LogP) is 3.27. The van der Waals surface area contributed by atoms with Gasteiger partial charge in [-0.05, 0) is 43.4 Å². The fourth-order valence-corrected chi connectivity index (χ4v) is 4.22. The molecule has 0 saturated heterocycles. The van der Waals surface area contributed by atoms with Crippen molar-refractivity contribution >= 4 is 21.4 Å². The largest absolute Gasteiger partial charge is 0.312 e. The van der Waals surface area contributed by atoms with Gasteiger partial charge < -0.3 is 5.32 Å². The molecule has 1 fully saturated rings. The highest BCUT2D eigenvalue weighted by molar-refractivity contribution is 7.90. The first-order valence-corrected chi connectivity index (χ1v) is 9.33. The second-order valence-electron chi connectivity index (χ2n) is 5.90. The standard InChI is InChI=1S/C15H22ClNO2S/c1-11-6-7-12(8-11)9-17-10-13-14(16)4-3-5-15(13)20(2,18)19/h3-5,11-12,17H,6-10H2,1-2H3. The van der Waals surface area contributed by atoms with E-state index in [2.05, 4.69) is 12.2 Å². The molecule has 1 aromatic carbocycles. The van der Waals surface area contributed by atoms with Gasteiger partial charge in [0, 0.05) is 23.4 Å². The Hall–Kier alpha value is -0.580. The lowest BCUT2D eigenvalue weighted by molar-refractivity contribution is 0.469. The minimum atomic E-state index is -3.24. The summed E-state index contributed by atoms with van der Waals surface area (Å²) < 4.78 is 23.6. The summed E-state index contributed by atoms with van der Waals surface area (Å²) in [7, 11) is -3.24. The molecule has 20 heavy (non-hydrogen) atoms. The van der Waals surface area contributed by atoms with E-state index >= 15 is 0 Å². The molecule has 2 unspecified atom stereocenters. The van der Waals surface area contributed by atoms with E-state index < -0.39 is 9.84 Å². The molecule has 1 aliphatic carbocycles. The van der Waals surface area contributed by atoms with Gasteiger partial charge in [0.05, 0.1) is 4.90 Å². The Morgan fingerprint density at radius 3 is 2.70 bits per heavy atom. The number of hydrogen-bond donors (Lipinski definition) is 1. The Morgan fingerprint density at radius 1 is 1.35 bits per heavy atom. The second kappa shape index (κ2) is 6.46. The van der Waals surface area contributed by atoms with Crippen LogP contribution in [0.4, 0.5) is 0 Å². The Kier molecular flexibility index (Phi) is 5.10. The van der Waals surface area contributed by atoms with Gasteiger partial charge >= 0.3 is 0 Å².